The Labute approximate surface area is 105 Å². The molecule has 3 rings (SSSR count). The molecule has 0 radical (unpaired) electrons. The van der Waals surface area contributed by atoms with Crippen molar-refractivity contribution < 1.29 is 5.11 Å². The fourth-order valence-corrected chi connectivity index (χ4v) is 4.42. The van der Waals surface area contributed by atoms with Crippen LogP contribution in [0.2, 0.25) is 0 Å². The fraction of sp³-hybridized carbons (Fsp3) is 1.00. The number of piperidine rings is 1. The van der Waals surface area contributed by atoms with Gasteiger partial charge in [0.2, 0.25) is 0 Å². The summed E-state index contributed by atoms with van der Waals surface area (Å²) in [6.07, 6.45) is 10.7. The minimum atomic E-state index is 0.0132. The van der Waals surface area contributed by atoms with Crippen LogP contribution in [0.3, 0.4) is 0 Å². The maximum Gasteiger partial charge on any atom is 0.0568 e. The molecule has 1 heterocycles. The van der Waals surface area contributed by atoms with Gasteiger partial charge in [-0.25, -0.2) is 0 Å². The van der Waals surface area contributed by atoms with Crippen molar-refractivity contribution in [2.24, 2.45) is 17.8 Å². The van der Waals surface area contributed by atoms with Crippen LogP contribution in [-0.2, 0) is 0 Å². The van der Waals surface area contributed by atoms with Gasteiger partial charge in [0.05, 0.1) is 6.10 Å². The Morgan fingerprint density at radius 3 is 2.29 bits per heavy atom. The molecule has 0 spiro atoms. The Hall–Kier alpha value is -0.0800. The van der Waals surface area contributed by atoms with E-state index < -0.39 is 0 Å². The third-order valence-electron chi connectivity index (χ3n) is 5.36. The van der Waals surface area contributed by atoms with Gasteiger partial charge in [-0.3, -0.25) is 0 Å². The maximum atomic E-state index is 9.86. The minimum Gasteiger partial charge on any atom is -0.393 e. The van der Waals surface area contributed by atoms with Gasteiger partial charge in [0.25, 0.3) is 0 Å². The van der Waals surface area contributed by atoms with E-state index in [9.17, 15) is 5.11 Å². The average molecular weight is 237 g/mol. The number of hydrogen-bond donors (Lipinski definition) is 1. The van der Waals surface area contributed by atoms with Crippen molar-refractivity contribution in [1.29, 1.82) is 0 Å². The number of nitrogens with zero attached hydrogens (tertiary/aromatic N) is 1. The van der Waals surface area contributed by atoms with E-state index in [2.05, 4.69) is 4.90 Å². The van der Waals surface area contributed by atoms with Crippen molar-refractivity contribution >= 4 is 0 Å². The lowest BCUT2D eigenvalue weighted by Gasteiger charge is -2.41. The molecule has 2 heteroatoms. The van der Waals surface area contributed by atoms with Crippen molar-refractivity contribution in [1.82, 2.24) is 4.90 Å². The van der Waals surface area contributed by atoms with Gasteiger partial charge in [-0.05, 0) is 62.8 Å². The summed E-state index contributed by atoms with van der Waals surface area (Å²) in [5.74, 6) is 2.60. The second-order valence-corrected chi connectivity index (χ2v) is 6.71. The summed E-state index contributed by atoms with van der Waals surface area (Å²) in [6.45, 7) is 3.94. The van der Waals surface area contributed by atoms with E-state index in [1.807, 2.05) is 0 Å². The van der Waals surface area contributed by atoms with E-state index in [1.54, 1.807) is 0 Å². The number of rotatable bonds is 3. The normalized spacial score (nSPS) is 42.9. The molecule has 1 aliphatic heterocycles. The van der Waals surface area contributed by atoms with Crippen molar-refractivity contribution in [3.63, 3.8) is 0 Å². The number of hydrogen-bond acceptors (Lipinski definition) is 2. The Morgan fingerprint density at radius 1 is 0.941 bits per heavy atom. The minimum absolute atomic E-state index is 0.0132. The molecule has 2 nitrogen and oxygen atoms in total. The van der Waals surface area contributed by atoms with Crippen LogP contribution in [0.5, 0.6) is 0 Å². The zero-order chi connectivity index (χ0) is 11.7. The van der Waals surface area contributed by atoms with Crippen molar-refractivity contribution in [3.05, 3.63) is 0 Å². The number of aliphatic hydroxyl groups excluding tert-OH is 1. The second kappa shape index (κ2) is 5.27. The molecular weight excluding hydrogens is 210 g/mol. The number of aliphatic hydroxyl groups is 1. The summed E-state index contributed by atoms with van der Waals surface area (Å²) in [5.41, 5.74) is 0. The van der Waals surface area contributed by atoms with E-state index in [0.29, 0.717) is 5.92 Å². The standard InChI is InChI=1S/C15H27NO/c17-15-6-2-5-14(15)7-8-16-10-12-3-1-4-13(9-12)11-16/h12-15,17H,1-11H2. The molecule has 4 unspecified atom stereocenters. The van der Waals surface area contributed by atoms with Crippen molar-refractivity contribution in [2.75, 3.05) is 19.6 Å². The predicted molar refractivity (Wildman–Crippen MR) is 69.9 cm³/mol. The first-order chi connectivity index (χ1) is 8.31. The van der Waals surface area contributed by atoms with Crippen LogP contribution in [0.25, 0.3) is 0 Å². The maximum absolute atomic E-state index is 9.86. The Balaban J connectivity index is 1.45. The quantitative estimate of drug-likeness (QED) is 0.815. The molecule has 2 saturated carbocycles. The lowest BCUT2D eigenvalue weighted by Crippen LogP contribution is -2.43. The lowest BCUT2D eigenvalue weighted by atomic mass is 9.78. The summed E-state index contributed by atoms with van der Waals surface area (Å²) in [5, 5.41) is 9.86. The summed E-state index contributed by atoms with van der Waals surface area (Å²) < 4.78 is 0. The van der Waals surface area contributed by atoms with Crippen LogP contribution in [0, 0.1) is 17.8 Å². The van der Waals surface area contributed by atoms with Gasteiger partial charge in [-0.2, -0.15) is 0 Å². The SMILES string of the molecule is OC1CCCC1CCN1CC2CCCC(C2)C1. The summed E-state index contributed by atoms with van der Waals surface area (Å²) >= 11 is 0. The molecule has 0 aromatic rings. The van der Waals surface area contributed by atoms with Crippen LogP contribution in [-0.4, -0.2) is 35.7 Å². The summed E-state index contributed by atoms with van der Waals surface area (Å²) in [6, 6.07) is 0. The zero-order valence-corrected chi connectivity index (χ0v) is 11.0. The first-order valence-electron chi connectivity index (χ1n) is 7.71. The van der Waals surface area contributed by atoms with Crippen LogP contribution in [0.15, 0.2) is 0 Å². The Morgan fingerprint density at radius 2 is 1.65 bits per heavy atom. The van der Waals surface area contributed by atoms with Crippen LogP contribution in [0.1, 0.15) is 51.4 Å². The zero-order valence-electron chi connectivity index (χ0n) is 11.0. The molecule has 0 aromatic carbocycles. The average Bonchev–Trinajstić information content (AvgIpc) is 2.72. The highest BCUT2D eigenvalue weighted by Crippen LogP contribution is 2.35. The van der Waals surface area contributed by atoms with Crippen LogP contribution < -0.4 is 0 Å². The van der Waals surface area contributed by atoms with Crippen molar-refractivity contribution in [2.45, 2.75) is 57.5 Å². The highest BCUT2D eigenvalue weighted by atomic mass is 16.3. The molecule has 2 aliphatic carbocycles. The van der Waals surface area contributed by atoms with Gasteiger partial charge in [0.1, 0.15) is 0 Å². The number of likely N-dealkylation sites (tertiary alicyclic amines) is 1. The van der Waals surface area contributed by atoms with E-state index in [0.717, 1.165) is 18.3 Å². The van der Waals surface area contributed by atoms with Gasteiger partial charge >= 0.3 is 0 Å². The van der Waals surface area contributed by atoms with Crippen LogP contribution in [0.4, 0.5) is 0 Å². The summed E-state index contributed by atoms with van der Waals surface area (Å²) in [7, 11) is 0. The van der Waals surface area contributed by atoms with Crippen molar-refractivity contribution in [3.8, 4) is 0 Å². The molecule has 1 saturated heterocycles. The molecule has 1 N–H and O–H groups in total. The molecule has 0 amide bonds. The first kappa shape index (κ1) is 12.0. The van der Waals surface area contributed by atoms with E-state index >= 15 is 0 Å². The third-order valence-corrected chi connectivity index (χ3v) is 5.36. The molecule has 3 aliphatic rings. The Kier molecular flexibility index (Phi) is 3.72. The fourth-order valence-electron chi connectivity index (χ4n) is 4.42. The Bertz CT molecular complexity index is 243. The first-order valence-corrected chi connectivity index (χ1v) is 7.71. The molecule has 3 fully saturated rings. The van der Waals surface area contributed by atoms with Gasteiger partial charge in [0, 0.05) is 13.1 Å². The van der Waals surface area contributed by atoms with Crippen LogP contribution >= 0.6 is 0 Å². The second-order valence-electron chi connectivity index (χ2n) is 6.71. The third kappa shape index (κ3) is 2.85. The molecule has 0 aromatic heterocycles. The molecule has 2 bridgehead atoms. The smallest absolute Gasteiger partial charge is 0.0568 e. The molecule has 4 atom stereocenters. The van der Waals surface area contributed by atoms with E-state index in [4.69, 9.17) is 0 Å². The largest absolute Gasteiger partial charge is 0.393 e. The molecule has 98 valence electrons. The van der Waals surface area contributed by atoms with Gasteiger partial charge in [-0.15, -0.1) is 0 Å². The van der Waals surface area contributed by atoms with Gasteiger partial charge in [-0.1, -0.05) is 12.8 Å². The van der Waals surface area contributed by atoms with Gasteiger partial charge < -0.3 is 10.0 Å². The lowest BCUT2D eigenvalue weighted by molar-refractivity contribution is 0.0694. The van der Waals surface area contributed by atoms with E-state index in [-0.39, 0.29) is 6.10 Å². The molecule has 17 heavy (non-hydrogen) atoms. The van der Waals surface area contributed by atoms with Gasteiger partial charge in [0.15, 0.2) is 0 Å². The summed E-state index contributed by atoms with van der Waals surface area (Å²) in [4.78, 5) is 2.70. The number of fused-ring (bicyclic) bond motifs is 2. The highest BCUT2D eigenvalue weighted by Gasteiger charge is 2.31. The van der Waals surface area contributed by atoms with E-state index in [1.165, 1.54) is 64.6 Å². The predicted octanol–water partition coefficient (Wildman–Crippen LogP) is 2.66. The monoisotopic (exact) mass is 237 g/mol. The molecular formula is C15H27NO. The highest BCUT2D eigenvalue weighted by molar-refractivity contribution is 4.84. The topological polar surface area (TPSA) is 23.5 Å².